The van der Waals surface area contributed by atoms with Gasteiger partial charge in [0, 0.05) is 18.8 Å². The Kier molecular flexibility index (Phi) is 8.43. The minimum atomic E-state index is -0.817. The van der Waals surface area contributed by atoms with Crippen molar-refractivity contribution >= 4 is 18.0 Å². The average Bonchev–Trinajstić information content (AvgIpc) is 2.79. The Hall–Kier alpha value is -2.94. The smallest absolute Gasteiger partial charge is 0.338 e. The van der Waals surface area contributed by atoms with E-state index in [0.29, 0.717) is 62.5 Å². The van der Waals surface area contributed by atoms with Crippen molar-refractivity contribution in [2.75, 3.05) is 39.4 Å². The first kappa shape index (κ1) is 24.7. The van der Waals surface area contributed by atoms with Crippen molar-refractivity contribution in [1.29, 1.82) is 0 Å². The van der Waals surface area contributed by atoms with Crippen molar-refractivity contribution in [3.05, 3.63) is 46.9 Å². The summed E-state index contributed by atoms with van der Waals surface area (Å²) < 4.78 is 24.4. The van der Waals surface area contributed by atoms with Crippen LogP contribution in [0.25, 0.3) is 0 Å². The summed E-state index contributed by atoms with van der Waals surface area (Å²) in [5.41, 5.74) is 1.32. The molecular formula is C24H32FN3O5. The summed E-state index contributed by atoms with van der Waals surface area (Å²) in [6, 6.07) is 4.68. The van der Waals surface area contributed by atoms with Crippen LogP contribution in [0, 0.1) is 11.7 Å². The van der Waals surface area contributed by atoms with Crippen molar-refractivity contribution in [3.63, 3.8) is 0 Å². The fraction of sp³-hybridized carbons (Fsp3) is 0.542. The Morgan fingerprint density at radius 3 is 2.42 bits per heavy atom. The zero-order valence-corrected chi connectivity index (χ0v) is 19.4. The van der Waals surface area contributed by atoms with Gasteiger partial charge in [-0.3, -0.25) is 14.6 Å². The van der Waals surface area contributed by atoms with Gasteiger partial charge in [0.15, 0.2) is 0 Å². The summed E-state index contributed by atoms with van der Waals surface area (Å²) in [6.45, 7) is 7.84. The molecule has 3 rings (SSSR count). The molecule has 0 aliphatic carbocycles. The van der Waals surface area contributed by atoms with Gasteiger partial charge in [0.05, 0.1) is 30.7 Å². The van der Waals surface area contributed by atoms with E-state index in [1.54, 1.807) is 26.0 Å². The van der Waals surface area contributed by atoms with E-state index in [1.165, 1.54) is 17.0 Å². The van der Waals surface area contributed by atoms with Crippen LogP contribution in [-0.2, 0) is 19.1 Å². The van der Waals surface area contributed by atoms with Crippen LogP contribution >= 0.6 is 0 Å². The molecule has 0 spiro atoms. The lowest BCUT2D eigenvalue weighted by Crippen LogP contribution is -2.51. The van der Waals surface area contributed by atoms with Crippen molar-refractivity contribution in [2.45, 2.75) is 39.7 Å². The number of piperidine rings is 1. The number of halogens is 1. The summed E-state index contributed by atoms with van der Waals surface area (Å²) >= 11 is 0. The van der Waals surface area contributed by atoms with E-state index in [-0.39, 0.29) is 24.5 Å². The Bertz CT molecular complexity index is 911. The number of carbonyl (C=O) groups is 3. The number of nitrogens with zero attached hydrogens (tertiary/aromatic N) is 2. The van der Waals surface area contributed by atoms with Crippen molar-refractivity contribution < 1.29 is 28.2 Å². The number of hydrogen-bond acceptors (Lipinski definition) is 6. The summed E-state index contributed by atoms with van der Waals surface area (Å²) in [5, 5.41) is 2.84. The largest absolute Gasteiger partial charge is 0.466 e. The topological polar surface area (TPSA) is 88.2 Å². The summed E-state index contributed by atoms with van der Waals surface area (Å²) in [6.07, 6.45) is 1.29. The second kappa shape index (κ2) is 11.3. The van der Waals surface area contributed by atoms with Gasteiger partial charge in [-0.1, -0.05) is 12.1 Å². The van der Waals surface area contributed by atoms with Gasteiger partial charge in [-0.25, -0.2) is 14.0 Å². The highest BCUT2D eigenvalue weighted by atomic mass is 19.1. The maximum Gasteiger partial charge on any atom is 0.338 e. The van der Waals surface area contributed by atoms with Gasteiger partial charge in [-0.2, -0.15) is 0 Å². The molecule has 180 valence electrons. The van der Waals surface area contributed by atoms with E-state index >= 15 is 0 Å². The van der Waals surface area contributed by atoms with Crippen LogP contribution in [0.4, 0.5) is 9.18 Å². The molecule has 1 N–H and O–H groups in total. The third-order valence-electron chi connectivity index (χ3n) is 6.01. The molecule has 1 saturated heterocycles. The molecule has 0 saturated carbocycles. The molecule has 0 bridgehead atoms. The molecule has 2 amide bonds. The molecular weight excluding hydrogens is 429 g/mol. The highest BCUT2D eigenvalue weighted by Crippen LogP contribution is 2.33. The molecule has 1 aromatic carbocycles. The maximum atomic E-state index is 14.0. The normalized spacial score (nSPS) is 19.9. The summed E-state index contributed by atoms with van der Waals surface area (Å²) in [7, 11) is 0. The van der Waals surface area contributed by atoms with Gasteiger partial charge in [0.2, 0.25) is 0 Å². The second-order valence-corrected chi connectivity index (χ2v) is 8.07. The van der Waals surface area contributed by atoms with Crippen LogP contribution in [0.15, 0.2) is 35.5 Å². The zero-order valence-electron chi connectivity index (χ0n) is 19.4. The van der Waals surface area contributed by atoms with E-state index in [2.05, 4.69) is 10.2 Å². The SMILES string of the molecule is CCOC(=O)C1=C(CN2CCC(C(=O)OCC)CC2)N(CC)C(=O)NC1c1cccc(F)c1. The Morgan fingerprint density at radius 2 is 1.82 bits per heavy atom. The number of ether oxygens (including phenoxy) is 2. The Labute approximate surface area is 193 Å². The lowest BCUT2D eigenvalue weighted by atomic mass is 9.93. The monoisotopic (exact) mass is 461 g/mol. The molecule has 0 aromatic heterocycles. The molecule has 1 fully saturated rings. The highest BCUT2D eigenvalue weighted by molar-refractivity contribution is 5.95. The minimum absolute atomic E-state index is 0.142. The average molecular weight is 462 g/mol. The van der Waals surface area contributed by atoms with Crippen LogP contribution in [0.1, 0.15) is 45.2 Å². The number of esters is 2. The lowest BCUT2D eigenvalue weighted by Gasteiger charge is -2.39. The number of rotatable bonds is 8. The van der Waals surface area contributed by atoms with Gasteiger partial charge in [0.1, 0.15) is 5.82 Å². The van der Waals surface area contributed by atoms with Crippen molar-refractivity contribution in [2.24, 2.45) is 5.92 Å². The van der Waals surface area contributed by atoms with Crippen LogP contribution < -0.4 is 5.32 Å². The van der Waals surface area contributed by atoms with Crippen LogP contribution in [0.5, 0.6) is 0 Å². The predicted molar refractivity (Wildman–Crippen MR) is 120 cm³/mol. The van der Waals surface area contributed by atoms with Crippen molar-refractivity contribution in [3.8, 4) is 0 Å². The van der Waals surface area contributed by atoms with E-state index in [1.807, 2.05) is 6.92 Å². The summed E-state index contributed by atoms with van der Waals surface area (Å²) in [5.74, 6) is -1.31. The minimum Gasteiger partial charge on any atom is -0.466 e. The number of likely N-dealkylation sites (N-methyl/N-ethyl adjacent to an activating group) is 1. The first-order valence-electron chi connectivity index (χ1n) is 11.5. The molecule has 9 heteroatoms. The number of likely N-dealkylation sites (tertiary alicyclic amines) is 1. The Morgan fingerprint density at radius 1 is 1.12 bits per heavy atom. The number of amides is 2. The molecule has 8 nitrogen and oxygen atoms in total. The molecule has 2 aliphatic rings. The molecule has 2 aliphatic heterocycles. The van der Waals surface area contributed by atoms with Gasteiger partial charge < -0.3 is 14.8 Å². The number of benzene rings is 1. The third kappa shape index (κ3) is 5.71. The zero-order chi connectivity index (χ0) is 24.0. The number of nitrogens with one attached hydrogen (secondary N) is 1. The predicted octanol–water partition coefficient (Wildman–Crippen LogP) is 3.00. The molecule has 0 radical (unpaired) electrons. The van der Waals surface area contributed by atoms with Crippen LogP contribution in [0.2, 0.25) is 0 Å². The van der Waals surface area contributed by atoms with Gasteiger partial charge in [0.25, 0.3) is 0 Å². The molecule has 1 unspecified atom stereocenters. The summed E-state index contributed by atoms with van der Waals surface area (Å²) in [4.78, 5) is 41.7. The number of urea groups is 1. The highest BCUT2D eigenvalue weighted by Gasteiger charge is 2.39. The van der Waals surface area contributed by atoms with Crippen LogP contribution in [-0.4, -0.2) is 67.2 Å². The van der Waals surface area contributed by atoms with Crippen LogP contribution in [0.3, 0.4) is 0 Å². The van der Waals surface area contributed by atoms with E-state index < -0.39 is 17.8 Å². The first-order chi connectivity index (χ1) is 15.9. The fourth-order valence-electron chi connectivity index (χ4n) is 4.39. The molecule has 1 atom stereocenters. The van der Waals surface area contributed by atoms with E-state index in [4.69, 9.17) is 9.47 Å². The maximum absolute atomic E-state index is 14.0. The molecule has 33 heavy (non-hydrogen) atoms. The number of carbonyl (C=O) groups excluding carboxylic acids is 3. The fourth-order valence-corrected chi connectivity index (χ4v) is 4.39. The molecule has 2 heterocycles. The van der Waals surface area contributed by atoms with Gasteiger partial charge in [-0.15, -0.1) is 0 Å². The Balaban J connectivity index is 1.93. The number of hydrogen-bond donors (Lipinski definition) is 1. The van der Waals surface area contributed by atoms with Gasteiger partial charge in [-0.05, 0) is 64.4 Å². The lowest BCUT2D eigenvalue weighted by molar-refractivity contribution is -0.149. The quantitative estimate of drug-likeness (QED) is 0.599. The van der Waals surface area contributed by atoms with Gasteiger partial charge >= 0.3 is 18.0 Å². The van der Waals surface area contributed by atoms with Crippen molar-refractivity contribution in [1.82, 2.24) is 15.1 Å². The first-order valence-corrected chi connectivity index (χ1v) is 11.5. The standard InChI is InChI=1S/C24H32FN3O5/c1-4-28-19(15-27-12-10-16(11-13-27)22(29)32-5-2)20(23(30)33-6-3)21(26-24(28)31)17-8-7-9-18(25)14-17/h7-9,14,16,21H,4-6,10-13,15H2,1-3H3,(H,26,31). The molecule has 1 aromatic rings. The second-order valence-electron chi connectivity index (χ2n) is 8.07. The third-order valence-corrected chi connectivity index (χ3v) is 6.01. The van der Waals surface area contributed by atoms with E-state index in [0.717, 1.165) is 0 Å². The van der Waals surface area contributed by atoms with E-state index in [9.17, 15) is 18.8 Å².